The van der Waals surface area contributed by atoms with E-state index in [0.717, 1.165) is 42.2 Å². The van der Waals surface area contributed by atoms with E-state index in [1.807, 2.05) is 12.1 Å². The van der Waals surface area contributed by atoms with Crippen molar-refractivity contribution in [3.63, 3.8) is 0 Å². The van der Waals surface area contributed by atoms with Crippen molar-refractivity contribution in [2.24, 2.45) is 0 Å². The summed E-state index contributed by atoms with van der Waals surface area (Å²) in [7, 11) is 0. The second-order valence-electron chi connectivity index (χ2n) is 9.65. The first-order chi connectivity index (χ1) is 20.1. The summed E-state index contributed by atoms with van der Waals surface area (Å²) in [6.45, 7) is 1.09. The lowest BCUT2D eigenvalue weighted by Gasteiger charge is -2.31. The molecule has 1 aliphatic heterocycles. The summed E-state index contributed by atoms with van der Waals surface area (Å²) >= 11 is 0. The minimum absolute atomic E-state index is 0.0470. The molecule has 1 N–H and O–H groups in total. The highest BCUT2D eigenvalue weighted by Gasteiger charge is 2.34. The molecular weight excluding hydrogens is 525 g/mol. The number of amides is 2. The highest BCUT2D eigenvalue weighted by Crippen LogP contribution is 2.32. The number of aromatic nitrogens is 5. The number of carbonyl (C=O) groups excluding carboxylic acids is 2. The Morgan fingerprint density at radius 1 is 1.10 bits per heavy atom. The maximum Gasteiger partial charge on any atom is 0.281 e. The Morgan fingerprint density at radius 2 is 1.98 bits per heavy atom. The molecule has 6 rings (SSSR count). The second-order valence-corrected chi connectivity index (χ2v) is 9.65. The zero-order chi connectivity index (χ0) is 28.2. The number of rotatable bonds is 9. The van der Waals surface area contributed by atoms with E-state index in [0.29, 0.717) is 17.7 Å². The van der Waals surface area contributed by atoms with Crippen LogP contribution in [0.25, 0.3) is 11.4 Å². The molecule has 1 unspecified atom stereocenters. The molecule has 5 aromatic rings. The van der Waals surface area contributed by atoms with Crippen molar-refractivity contribution in [1.29, 1.82) is 0 Å². The number of hydrogen-bond acceptors (Lipinski definition) is 7. The van der Waals surface area contributed by atoms with Crippen LogP contribution in [0.5, 0.6) is 0 Å². The van der Waals surface area contributed by atoms with Crippen molar-refractivity contribution in [1.82, 2.24) is 30.0 Å². The van der Waals surface area contributed by atoms with Crippen molar-refractivity contribution >= 4 is 17.5 Å². The normalized spacial score (nSPS) is 13.0. The van der Waals surface area contributed by atoms with E-state index in [1.165, 1.54) is 29.7 Å². The van der Waals surface area contributed by atoms with Crippen molar-refractivity contribution in [3.8, 4) is 11.4 Å². The van der Waals surface area contributed by atoms with Crippen molar-refractivity contribution < 1.29 is 18.4 Å². The van der Waals surface area contributed by atoms with Gasteiger partial charge in [0.25, 0.3) is 5.91 Å². The summed E-state index contributed by atoms with van der Waals surface area (Å²) in [5, 5.41) is 11.5. The highest BCUT2D eigenvalue weighted by molar-refractivity contribution is 6.09. The maximum absolute atomic E-state index is 13.9. The van der Waals surface area contributed by atoms with E-state index in [-0.39, 0.29) is 18.1 Å². The fourth-order valence-electron chi connectivity index (χ4n) is 5.03. The first-order valence-corrected chi connectivity index (χ1v) is 13.2. The minimum atomic E-state index is -1.08. The average Bonchev–Trinajstić information content (AvgIpc) is 3.76. The van der Waals surface area contributed by atoms with Crippen LogP contribution in [0.2, 0.25) is 0 Å². The van der Waals surface area contributed by atoms with Gasteiger partial charge in [-0.15, -0.1) is 10.2 Å². The van der Waals surface area contributed by atoms with E-state index in [9.17, 15) is 14.0 Å². The van der Waals surface area contributed by atoms with Gasteiger partial charge in [0.2, 0.25) is 5.91 Å². The second kappa shape index (κ2) is 11.5. The lowest BCUT2D eigenvalue weighted by molar-refractivity contribution is -0.122. The number of oxazole rings is 1. The van der Waals surface area contributed by atoms with Gasteiger partial charge in [0.1, 0.15) is 23.9 Å². The number of benzene rings is 2. The number of carbonyl (C=O) groups is 2. The number of hydrogen-bond donors (Lipinski definition) is 1. The van der Waals surface area contributed by atoms with Crippen LogP contribution in [0.1, 0.15) is 39.9 Å². The van der Waals surface area contributed by atoms with Gasteiger partial charge < -0.3 is 14.3 Å². The molecule has 10 nitrogen and oxygen atoms in total. The zero-order valence-corrected chi connectivity index (χ0v) is 22.0. The van der Waals surface area contributed by atoms with E-state index >= 15 is 0 Å². The minimum Gasteiger partial charge on any atom is -0.451 e. The first kappa shape index (κ1) is 26.1. The van der Waals surface area contributed by atoms with Gasteiger partial charge in [-0.25, -0.2) is 9.37 Å². The molecule has 0 fully saturated rings. The fourth-order valence-corrected chi connectivity index (χ4v) is 5.03. The Labute approximate surface area is 234 Å². The van der Waals surface area contributed by atoms with Gasteiger partial charge >= 0.3 is 0 Å². The van der Waals surface area contributed by atoms with Crippen molar-refractivity contribution in [3.05, 3.63) is 114 Å². The largest absolute Gasteiger partial charge is 0.451 e. The molecule has 1 atom stereocenters. The number of nitrogens with one attached hydrogen (secondary N) is 1. The number of pyridine rings is 1. The Bertz CT molecular complexity index is 1650. The molecule has 0 radical (unpaired) electrons. The molecule has 41 heavy (non-hydrogen) atoms. The van der Waals surface area contributed by atoms with E-state index < -0.39 is 17.9 Å². The highest BCUT2D eigenvalue weighted by atomic mass is 19.1. The quantitative estimate of drug-likeness (QED) is 0.292. The Morgan fingerprint density at radius 3 is 2.73 bits per heavy atom. The van der Waals surface area contributed by atoms with Crippen LogP contribution in [0.4, 0.5) is 10.1 Å². The molecule has 4 heterocycles. The molecule has 2 aromatic carbocycles. The molecule has 206 valence electrons. The molecule has 0 saturated carbocycles. The first-order valence-electron chi connectivity index (χ1n) is 13.2. The third-order valence-electron chi connectivity index (χ3n) is 6.99. The molecule has 1 aliphatic rings. The molecule has 2 amide bonds. The summed E-state index contributed by atoms with van der Waals surface area (Å²) in [5.74, 6) is 0.427. The van der Waals surface area contributed by atoms with E-state index in [4.69, 9.17) is 4.42 Å². The van der Waals surface area contributed by atoms with Crippen LogP contribution in [-0.4, -0.2) is 43.1 Å². The topological polar surface area (TPSA) is 119 Å². The van der Waals surface area contributed by atoms with Gasteiger partial charge in [0.05, 0.1) is 0 Å². The summed E-state index contributed by atoms with van der Waals surface area (Å²) < 4.78 is 20.8. The molecule has 3 aromatic heterocycles. The maximum atomic E-state index is 13.9. The summed E-state index contributed by atoms with van der Waals surface area (Å²) in [4.78, 5) is 37.3. The summed E-state index contributed by atoms with van der Waals surface area (Å²) in [5.41, 5.74) is 2.62. The number of nitrogens with zero attached hydrogens (tertiary/aromatic N) is 6. The van der Waals surface area contributed by atoms with E-state index in [1.54, 1.807) is 48.8 Å². The van der Waals surface area contributed by atoms with Gasteiger partial charge in [-0.3, -0.25) is 19.5 Å². The monoisotopic (exact) mass is 551 g/mol. The van der Waals surface area contributed by atoms with Gasteiger partial charge in [0.15, 0.2) is 17.9 Å². The fraction of sp³-hybridized carbons (Fsp3) is 0.200. The smallest absolute Gasteiger partial charge is 0.281 e. The Kier molecular flexibility index (Phi) is 7.31. The molecule has 0 aliphatic carbocycles. The Balaban J connectivity index is 1.34. The zero-order valence-electron chi connectivity index (χ0n) is 22.0. The number of anilines is 1. The lowest BCUT2D eigenvalue weighted by atomic mass is 10.0. The van der Waals surface area contributed by atoms with Crippen molar-refractivity contribution in [2.45, 2.75) is 31.8 Å². The Hall–Kier alpha value is -5.19. The number of aryl methyl sites for hydroxylation is 1. The number of halogens is 1. The van der Waals surface area contributed by atoms with Crippen LogP contribution in [0.3, 0.4) is 0 Å². The molecule has 0 spiro atoms. The molecule has 0 saturated heterocycles. The number of fused-ring (bicyclic) bond motifs is 1. The predicted molar refractivity (Wildman–Crippen MR) is 147 cm³/mol. The third kappa shape index (κ3) is 5.46. The predicted octanol–water partition coefficient (Wildman–Crippen LogP) is 4.16. The van der Waals surface area contributed by atoms with Crippen LogP contribution >= 0.6 is 0 Å². The van der Waals surface area contributed by atoms with E-state index in [2.05, 4.69) is 30.0 Å². The van der Waals surface area contributed by atoms with Gasteiger partial charge in [-0.1, -0.05) is 18.2 Å². The van der Waals surface area contributed by atoms with Gasteiger partial charge in [-0.05, 0) is 60.9 Å². The summed E-state index contributed by atoms with van der Waals surface area (Å²) in [6, 6.07) is 15.8. The van der Waals surface area contributed by atoms with Crippen LogP contribution in [0.15, 0.2) is 90.1 Å². The van der Waals surface area contributed by atoms with Gasteiger partial charge in [0, 0.05) is 48.7 Å². The average molecular weight is 552 g/mol. The molecule has 0 bridgehead atoms. The lowest BCUT2D eigenvalue weighted by Crippen LogP contribution is -2.44. The van der Waals surface area contributed by atoms with Crippen molar-refractivity contribution in [2.75, 3.05) is 11.4 Å². The van der Waals surface area contributed by atoms with Crippen LogP contribution in [0, 0.1) is 5.82 Å². The summed E-state index contributed by atoms with van der Waals surface area (Å²) in [6.07, 6.45) is 7.89. The van der Waals surface area contributed by atoms with Gasteiger partial charge in [-0.2, -0.15) is 0 Å². The molecule has 11 heteroatoms. The standard InChI is InChI=1S/C30H26FN7O3/c31-23-6-1-4-20(16-23)12-14-33-29(39)27(22-5-2-13-32-17-22)38(30(40)25-18-41-19-34-25)24-10-8-21(9-11-24)28-36-35-26-7-3-15-37(26)28/h1-2,4-6,8-11,13,16-19,27H,3,7,12,14-15H2,(H,33,39). The van der Waals surface area contributed by atoms with Crippen LogP contribution in [-0.2, 0) is 24.2 Å². The van der Waals surface area contributed by atoms with Crippen LogP contribution < -0.4 is 10.2 Å². The SMILES string of the molecule is O=C(NCCc1cccc(F)c1)C(c1cccnc1)N(C(=O)c1cocn1)c1ccc(-c2nnc3n2CCC3)cc1. The molecular formula is C30H26FN7O3. The third-order valence-corrected chi connectivity index (χ3v) is 6.99.